The lowest BCUT2D eigenvalue weighted by molar-refractivity contribution is -0.277. The summed E-state index contributed by atoms with van der Waals surface area (Å²) in [5.74, 6) is -1.81. The van der Waals surface area contributed by atoms with Crippen LogP contribution in [-0.2, 0) is 14.2 Å². The Kier molecular flexibility index (Phi) is 9.71. The molecular formula is C28H34O13. The molecule has 0 aromatic heterocycles. The summed E-state index contributed by atoms with van der Waals surface area (Å²) in [5, 5.41) is 71.3. The van der Waals surface area contributed by atoms with Gasteiger partial charge in [0, 0.05) is 25.0 Å². The van der Waals surface area contributed by atoms with Gasteiger partial charge in [0.05, 0.1) is 32.0 Å². The molecule has 2 heterocycles. The molecule has 8 atom stereocenters. The average Bonchev–Trinajstić information content (AvgIpc) is 2.91. The van der Waals surface area contributed by atoms with Crippen LogP contribution in [-0.4, -0.2) is 104 Å². The molecule has 0 saturated carbocycles. The number of rotatable bonds is 9. The zero-order valence-corrected chi connectivity index (χ0v) is 22.4. The number of benzene rings is 2. The Morgan fingerprint density at radius 2 is 1.59 bits per heavy atom. The highest BCUT2D eigenvalue weighted by Gasteiger charge is 2.40. The van der Waals surface area contributed by atoms with E-state index in [-0.39, 0.29) is 42.3 Å². The molecule has 0 spiro atoms. The minimum Gasteiger partial charge on any atom is -0.507 e. The van der Waals surface area contributed by atoms with E-state index < -0.39 is 66.5 Å². The van der Waals surface area contributed by atoms with Gasteiger partial charge in [-0.2, -0.15) is 0 Å². The molecule has 2 fully saturated rings. The van der Waals surface area contributed by atoms with Crippen LogP contribution in [0.5, 0.6) is 28.7 Å². The first-order chi connectivity index (χ1) is 19.5. The molecule has 13 nitrogen and oxygen atoms in total. The summed E-state index contributed by atoms with van der Waals surface area (Å²) in [6.07, 6.45) is -6.08. The van der Waals surface area contributed by atoms with Crippen LogP contribution in [0, 0.1) is 0 Å². The number of carbonyl (C=O) groups is 1. The van der Waals surface area contributed by atoms with Crippen LogP contribution in [0.1, 0.15) is 35.7 Å². The normalized spacial score (nSPS) is 30.3. The Labute approximate surface area is 235 Å². The topological polar surface area (TPSA) is 205 Å². The standard InChI is InChI=1S/C28H34O13/c1-13-27(35)20(33)10-24(39-13)38-12-23-28(36)21(34)11-25(41-23)40-15-8-18(31)26(19(32)9-15)16(29)5-3-14-4-6-22(37-2)17(30)7-14/h3-9,13,20-21,23-25,27-28,30-36H,10-12H2,1-2H3/b5-3+/t13?,20?,21?,23?,24-,25-,27+,28+/m1/s1. The summed E-state index contributed by atoms with van der Waals surface area (Å²) >= 11 is 0. The molecular weight excluding hydrogens is 544 g/mol. The first-order valence-corrected chi connectivity index (χ1v) is 12.9. The fourth-order valence-electron chi connectivity index (χ4n) is 4.59. The van der Waals surface area contributed by atoms with Gasteiger partial charge in [-0.3, -0.25) is 4.79 Å². The lowest BCUT2D eigenvalue weighted by Crippen LogP contribution is -2.53. The average molecular weight is 579 g/mol. The molecule has 224 valence electrons. The van der Waals surface area contributed by atoms with Gasteiger partial charge in [0.1, 0.15) is 41.1 Å². The highest BCUT2D eigenvalue weighted by atomic mass is 16.7. The molecule has 7 N–H and O–H groups in total. The summed E-state index contributed by atoms with van der Waals surface area (Å²) in [6, 6.07) is 6.68. The maximum atomic E-state index is 12.7. The van der Waals surface area contributed by atoms with E-state index in [0.717, 1.165) is 18.2 Å². The Bertz CT molecular complexity index is 1210. The SMILES string of the molecule is COc1ccc(/C=C/C(=O)c2c(O)cc(O[C@H]3CC(O)[C@H](O)C(CO[C@H]4CC(O)[C@@H](O)C(C)O4)O3)cc2O)cc1O. The van der Waals surface area contributed by atoms with Crippen LogP contribution in [0.15, 0.2) is 36.4 Å². The van der Waals surface area contributed by atoms with Crippen molar-refractivity contribution in [3.8, 4) is 28.7 Å². The lowest BCUT2D eigenvalue weighted by atomic mass is 10.0. The lowest BCUT2D eigenvalue weighted by Gasteiger charge is -2.39. The monoisotopic (exact) mass is 578 g/mol. The van der Waals surface area contributed by atoms with Gasteiger partial charge in [0.2, 0.25) is 6.29 Å². The van der Waals surface area contributed by atoms with Crippen LogP contribution < -0.4 is 9.47 Å². The molecule has 2 aromatic rings. The third-order valence-electron chi connectivity index (χ3n) is 6.87. The van der Waals surface area contributed by atoms with Crippen LogP contribution in [0.25, 0.3) is 6.08 Å². The zero-order valence-electron chi connectivity index (χ0n) is 22.4. The van der Waals surface area contributed by atoms with Crippen LogP contribution in [0.3, 0.4) is 0 Å². The van der Waals surface area contributed by atoms with E-state index in [2.05, 4.69) is 0 Å². The van der Waals surface area contributed by atoms with E-state index >= 15 is 0 Å². The number of aromatic hydroxyl groups is 3. The molecule has 2 aliphatic heterocycles. The molecule has 0 bridgehead atoms. The quantitative estimate of drug-likeness (QED) is 0.163. The fraction of sp³-hybridized carbons (Fsp3) is 0.464. The van der Waals surface area contributed by atoms with Crippen molar-refractivity contribution in [1.82, 2.24) is 0 Å². The second-order valence-corrected chi connectivity index (χ2v) is 9.88. The molecule has 2 aliphatic rings. The zero-order chi connectivity index (χ0) is 29.8. The van der Waals surface area contributed by atoms with Crippen molar-refractivity contribution in [2.24, 2.45) is 0 Å². The second-order valence-electron chi connectivity index (χ2n) is 9.88. The van der Waals surface area contributed by atoms with Crippen molar-refractivity contribution in [2.75, 3.05) is 13.7 Å². The third-order valence-corrected chi connectivity index (χ3v) is 6.87. The number of phenols is 3. The van der Waals surface area contributed by atoms with Crippen LogP contribution in [0.4, 0.5) is 0 Å². The third kappa shape index (κ3) is 7.26. The van der Waals surface area contributed by atoms with Crippen LogP contribution >= 0.6 is 0 Å². The molecule has 0 aliphatic carbocycles. The summed E-state index contributed by atoms with van der Waals surface area (Å²) in [7, 11) is 1.40. The largest absolute Gasteiger partial charge is 0.507 e. The first-order valence-electron chi connectivity index (χ1n) is 12.9. The number of aliphatic hydroxyl groups is 4. The molecule has 0 amide bonds. The summed E-state index contributed by atoms with van der Waals surface area (Å²) in [4.78, 5) is 12.7. The van der Waals surface area contributed by atoms with Gasteiger partial charge in [-0.1, -0.05) is 12.1 Å². The Hall–Kier alpha value is -3.43. The van der Waals surface area contributed by atoms with Gasteiger partial charge in [-0.05, 0) is 30.7 Å². The second kappa shape index (κ2) is 13.0. The highest BCUT2D eigenvalue weighted by Crippen LogP contribution is 2.35. The number of hydrogen-bond acceptors (Lipinski definition) is 13. The van der Waals surface area contributed by atoms with E-state index in [4.69, 9.17) is 23.7 Å². The number of methoxy groups -OCH3 is 1. The number of ether oxygens (including phenoxy) is 5. The molecule has 0 radical (unpaired) electrons. The van der Waals surface area contributed by atoms with Crippen molar-refractivity contribution in [3.63, 3.8) is 0 Å². The Morgan fingerprint density at radius 1 is 0.927 bits per heavy atom. The van der Waals surface area contributed by atoms with Crippen molar-refractivity contribution >= 4 is 11.9 Å². The minimum atomic E-state index is -1.33. The van der Waals surface area contributed by atoms with Gasteiger partial charge >= 0.3 is 0 Å². The van der Waals surface area contributed by atoms with E-state index in [1.54, 1.807) is 13.0 Å². The Morgan fingerprint density at radius 3 is 2.22 bits per heavy atom. The van der Waals surface area contributed by atoms with E-state index in [0.29, 0.717) is 5.56 Å². The predicted molar refractivity (Wildman–Crippen MR) is 141 cm³/mol. The van der Waals surface area contributed by atoms with Gasteiger partial charge in [-0.15, -0.1) is 0 Å². The van der Waals surface area contributed by atoms with Gasteiger partial charge in [0.25, 0.3) is 0 Å². The van der Waals surface area contributed by atoms with Crippen molar-refractivity contribution in [3.05, 3.63) is 47.5 Å². The number of allylic oxidation sites excluding steroid dienone is 1. The number of phenolic OH excluding ortho intramolecular Hbond substituents is 3. The molecule has 13 heteroatoms. The molecule has 4 unspecified atom stereocenters. The number of aliphatic hydroxyl groups excluding tert-OH is 4. The smallest absolute Gasteiger partial charge is 0.202 e. The molecule has 41 heavy (non-hydrogen) atoms. The molecule has 4 rings (SSSR count). The highest BCUT2D eigenvalue weighted by molar-refractivity contribution is 6.10. The van der Waals surface area contributed by atoms with Crippen LogP contribution in [0.2, 0.25) is 0 Å². The maximum absolute atomic E-state index is 12.7. The predicted octanol–water partition coefficient (Wildman–Crippen LogP) is 0.797. The maximum Gasteiger partial charge on any atom is 0.202 e. The number of carbonyl (C=O) groups excluding carboxylic acids is 1. The molecule has 2 saturated heterocycles. The first kappa shape index (κ1) is 30.5. The van der Waals surface area contributed by atoms with Crippen molar-refractivity contribution in [1.29, 1.82) is 0 Å². The Balaban J connectivity index is 1.39. The summed E-state index contributed by atoms with van der Waals surface area (Å²) in [6.45, 7) is 1.34. The van der Waals surface area contributed by atoms with Crippen molar-refractivity contribution in [2.45, 2.75) is 69.0 Å². The van der Waals surface area contributed by atoms with E-state index in [9.17, 15) is 40.5 Å². The van der Waals surface area contributed by atoms with Gasteiger partial charge < -0.3 is 59.4 Å². The van der Waals surface area contributed by atoms with Gasteiger partial charge in [-0.25, -0.2) is 0 Å². The molecule has 2 aromatic carbocycles. The van der Waals surface area contributed by atoms with E-state index in [1.807, 2.05) is 0 Å². The number of ketones is 1. The minimum absolute atomic E-state index is 0.00180. The summed E-state index contributed by atoms with van der Waals surface area (Å²) in [5.41, 5.74) is 0.0919. The number of hydrogen-bond donors (Lipinski definition) is 7. The fourth-order valence-corrected chi connectivity index (χ4v) is 4.59. The van der Waals surface area contributed by atoms with E-state index in [1.165, 1.54) is 25.3 Å². The van der Waals surface area contributed by atoms with Crippen molar-refractivity contribution < 1.29 is 64.2 Å². The van der Waals surface area contributed by atoms with Gasteiger partial charge in [0.15, 0.2) is 23.6 Å². The summed E-state index contributed by atoms with van der Waals surface area (Å²) < 4.78 is 27.4.